The molecule has 4 rings (SSSR count). The van der Waals surface area contributed by atoms with Crippen molar-refractivity contribution in [3.05, 3.63) is 83.0 Å². The van der Waals surface area contributed by atoms with Crippen molar-refractivity contribution in [1.82, 2.24) is 4.57 Å². The molecule has 0 atom stereocenters. The minimum Gasteiger partial charge on any atom is -0.497 e. The Labute approximate surface area is 199 Å². The molecule has 0 spiro atoms. The average Bonchev–Trinajstić information content (AvgIpc) is 3.16. The standard InChI is InChI=1S/C25H23BrN2O3S/c1-30-19-11-12-23(31-2)21(13-19)27-25(29)16-32-24-15-28(22-6-4-3-5-20(22)24)14-17-7-9-18(26)10-8-17/h3-13,15H,14,16H2,1-2H3,(H,27,29). The maximum absolute atomic E-state index is 12.7. The molecule has 0 saturated heterocycles. The molecule has 7 heteroatoms. The summed E-state index contributed by atoms with van der Waals surface area (Å²) in [5, 5.41) is 4.07. The van der Waals surface area contributed by atoms with Crippen molar-refractivity contribution >= 4 is 50.2 Å². The van der Waals surface area contributed by atoms with Crippen molar-refractivity contribution in [3.8, 4) is 11.5 Å². The predicted molar refractivity (Wildman–Crippen MR) is 134 cm³/mol. The van der Waals surface area contributed by atoms with Crippen molar-refractivity contribution in [1.29, 1.82) is 0 Å². The van der Waals surface area contributed by atoms with Crippen molar-refractivity contribution < 1.29 is 14.3 Å². The van der Waals surface area contributed by atoms with Crippen LogP contribution in [0, 0.1) is 0 Å². The maximum Gasteiger partial charge on any atom is 0.234 e. The highest BCUT2D eigenvalue weighted by atomic mass is 79.9. The smallest absolute Gasteiger partial charge is 0.234 e. The predicted octanol–water partition coefficient (Wildman–Crippen LogP) is 6.20. The van der Waals surface area contributed by atoms with Gasteiger partial charge in [0.25, 0.3) is 0 Å². The number of nitrogens with one attached hydrogen (secondary N) is 1. The number of amides is 1. The number of benzene rings is 3. The number of halogens is 1. The lowest BCUT2D eigenvalue weighted by Crippen LogP contribution is -2.14. The third kappa shape index (κ3) is 5.11. The van der Waals surface area contributed by atoms with Gasteiger partial charge in [-0.05, 0) is 35.9 Å². The Morgan fingerprint density at radius 1 is 1.03 bits per heavy atom. The molecule has 1 heterocycles. The van der Waals surface area contributed by atoms with Crippen molar-refractivity contribution in [3.63, 3.8) is 0 Å². The van der Waals surface area contributed by atoms with Crippen molar-refractivity contribution in [2.45, 2.75) is 11.4 Å². The second kappa shape index (κ2) is 10.1. The van der Waals surface area contributed by atoms with E-state index < -0.39 is 0 Å². The van der Waals surface area contributed by atoms with E-state index in [0.29, 0.717) is 17.2 Å². The Bertz CT molecular complexity index is 1240. The lowest BCUT2D eigenvalue weighted by atomic mass is 10.2. The van der Waals surface area contributed by atoms with E-state index in [0.717, 1.165) is 26.8 Å². The lowest BCUT2D eigenvalue weighted by molar-refractivity contribution is -0.113. The number of para-hydroxylation sites is 1. The van der Waals surface area contributed by atoms with Crippen LogP contribution in [0.25, 0.3) is 10.9 Å². The van der Waals surface area contributed by atoms with E-state index >= 15 is 0 Å². The molecule has 164 valence electrons. The lowest BCUT2D eigenvalue weighted by Gasteiger charge is -2.11. The van der Waals surface area contributed by atoms with Gasteiger partial charge >= 0.3 is 0 Å². The van der Waals surface area contributed by atoms with Crippen LogP contribution in [0.3, 0.4) is 0 Å². The fourth-order valence-corrected chi connectivity index (χ4v) is 4.64. The van der Waals surface area contributed by atoms with E-state index in [1.165, 1.54) is 17.3 Å². The van der Waals surface area contributed by atoms with Crippen molar-refractivity contribution in [2.75, 3.05) is 25.3 Å². The number of hydrogen-bond donors (Lipinski definition) is 1. The molecule has 0 aliphatic rings. The number of carbonyl (C=O) groups is 1. The molecule has 0 bridgehead atoms. The van der Waals surface area contributed by atoms with Gasteiger partial charge in [0.2, 0.25) is 5.91 Å². The molecule has 1 N–H and O–H groups in total. The van der Waals surface area contributed by atoms with Gasteiger partial charge < -0.3 is 19.4 Å². The minimum atomic E-state index is -0.105. The number of rotatable bonds is 8. The number of hydrogen-bond acceptors (Lipinski definition) is 4. The van der Waals surface area contributed by atoms with Crippen LogP contribution in [0.2, 0.25) is 0 Å². The van der Waals surface area contributed by atoms with Gasteiger partial charge in [-0.15, -0.1) is 11.8 Å². The number of thioether (sulfide) groups is 1. The van der Waals surface area contributed by atoms with Crippen LogP contribution in [-0.4, -0.2) is 30.4 Å². The van der Waals surface area contributed by atoms with Gasteiger partial charge in [0.1, 0.15) is 11.5 Å². The number of anilines is 1. The van der Waals surface area contributed by atoms with Crippen LogP contribution < -0.4 is 14.8 Å². The fraction of sp³-hybridized carbons (Fsp3) is 0.160. The maximum atomic E-state index is 12.7. The first-order chi connectivity index (χ1) is 15.6. The Hall–Kier alpha value is -2.90. The first kappa shape index (κ1) is 22.3. The van der Waals surface area contributed by atoms with E-state index in [1.807, 2.05) is 24.3 Å². The average molecular weight is 511 g/mol. The number of aromatic nitrogens is 1. The van der Waals surface area contributed by atoms with E-state index in [2.05, 4.69) is 56.3 Å². The largest absolute Gasteiger partial charge is 0.497 e. The Morgan fingerprint density at radius 2 is 1.81 bits per heavy atom. The van der Waals surface area contributed by atoms with Gasteiger partial charge in [-0.25, -0.2) is 0 Å². The molecule has 3 aromatic carbocycles. The SMILES string of the molecule is COc1ccc(OC)c(NC(=O)CSc2cn(Cc3ccc(Br)cc3)c3ccccc23)c1. The topological polar surface area (TPSA) is 52.5 Å². The molecule has 5 nitrogen and oxygen atoms in total. The first-order valence-electron chi connectivity index (χ1n) is 10.0. The highest BCUT2D eigenvalue weighted by Gasteiger charge is 2.13. The quantitative estimate of drug-likeness (QED) is 0.286. The molecule has 0 unspecified atom stereocenters. The van der Waals surface area contributed by atoms with Gasteiger partial charge in [-0.1, -0.05) is 46.3 Å². The number of nitrogens with zero attached hydrogens (tertiary/aromatic N) is 1. The van der Waals surface area contributed by atoms with E-state index in [4.69, 9.17) is 9.47 Å². The van der Waals surface area contributed by atoms with Crippen LogP contribution in [0.5, 0.6) is 11.5 Å². The van der Waals surface area contributed by atoms with Gasteiger partial charge in [0, 0.05) is 39.1 Å². The normalized spacial score (nSPS) is 10.8. The Kier molecular flexibility index (Phi) is 7.07. The second-order valence-electron chi connectivity index (χ2n) is 7.17. The summed E-state index contributed by atoms with van der Waals surface area (Å²) in [6.07, 6.45) is 2.12. The molecule has 0 saturated carbocycles. The summed E-state index contributed by atoms with van der Waals surface area (Å²) < 4.78 is 13.9. The van der Waals surface area contributed by atoms with E-state index in [9.17, 15) is 4.79 Å². The highest BCUT2D eigenvalue weighted by Crippen LogP contribution is 2.32. The fourth-order valence-electron chi connectivity index (χ4n) is 3.49. The van der Waals surface area contributed by atoms with Gasteiger partial charge in [0.05, 0.1) is 25.7 Å². The molecule has 32 heavy (non-hydrogen) atoms. The number of ether oxygens (including phenoxy) is 2. The molecular weight excluding hydrogens is 488 g/mol. The molecule has 0 fully saturated rings. The zero-order chi connectivity index (χ0) is 22.5. The zero-order valence-corrected chi connectivity index (χ0v) is 20.2. The summed E-state index contributed by atoms with van der Waals surface area (Å²) in [5.74, 6) is 1.43. The summed E-state index contributed by atoms with van der Waals surface area (Å²) >= 11 is 5.01. The molecule has 4 aromatic rings. The van der Waals surface area contributed by atoms with Crippen LogP contribution in [0.4, 0.5) is 5.69 Å². The zero-order valence-electron chi connectivity index (χ0n) is 17.8. The molecular formula is C25H23BrN2O3S. The van der Waals surface area contributed by atoms with Crippen LogP contribution in [0.1, 0.15) is 5.56 Å². The van der Waals surface area contributed by atoms with Crippen LogP contribution >= 0.6 is 27.7 Å². The van der Waals surface area contributed by atoms with Gasteiger partial charge in [-0.2, -0.15) is 0 Å². The number of carbonyl (C=O) groups excluding carboxylic acids is 1. The molecule has 0 aliphatic heterocycles. The molecule has 0 radical (unpaired) electrons. The van der Waals surface area contributed by atoms with Crippen LogP contribution in [0.15, 0.2) is 82.3 Å². The van der Waals surface area contributed by atoms with Crippen LogP contribution in [-0.2, 0) is 11.3 Å². The summed E-state index contributed by atoms with van der Waals surface area (Å²) in [6.45, 7) is 0.765. The Balaban J connectivity index is 1.50. The monoisotopic (exact) mass is 510 g/mol. The molecule has 1 aromatic heterocycles. The van der Waals surface area contributed by atoms with E-state index in [1.54, 1.807) is 32.4 Å². The Morgan fingerprint density at radius 3 is 2.56 bits per heavy atom. The minimum absolute atomic E-state index is 0.105. The second-order valence-corrected chi connectivity index (χ2v) is 9.10. The first-order valence-corrected chi connectivity index (χ1v) is 11.8. The van der Waals surface area contributed by atoms with Gasteiger partial charge in [-0.3, -0.25) is 4.79 Å². The molecule has 1 amide bonds. The third-order valence-corrected chi connectivity index (χ3v) is 6.63. The summed E-state index contributed by atoms with van der Waals surface area (Å²) in [6, 6.07) is 21.9. The van der Waals surface area contributed by atoms with Gasteiger partial charge in [0.15, 0.2) is 0 Å². The van der Waals surface area contributed by atoms with E-state index in [-0.39, 0.29) is 11.7 Å². The number of methoxy groups -OCH3 is 2. The summed E-state index contributed by atoms with van der Waals surface area (Å²) in [4.78, 5) is 13.8. The third-order valence-electron chi connectivity index (χ3n) is 5.06. The number of fused-ring (bicyclic) bond motifs is 1. The highest BCUT2D eigenvalue weighted by molar-refractivity contribution is 9.10. The summed E-state index contributed by atoms with van der Waals surface area (Å²) in [7, 11) is 3.17. The van der Waals surface area contributed by atoms with Crippen molar-refractivity contribution in [2.24, 2.45) is 0 Å². The summed E-state index contributed by atoms with van der Waals surface area (Å²) in [5.41, 5.74) is 2.95. The molecule has 0 aliphatic carbocycles.